The Morgan fingerprint density at radius 2 is 2.24 bits per heavy atom. The van der Waals surface area contributed by atoms with Crippen LogP contribution >= 0.6 is 22.9 Å². The number of hydrogen-bond donors (Lipinski definition) is 0. The molecular weight excluding hydrogens is 358 g/mol. The number of nitrogens with zero attached hydrogens (tertiary/aromatic N) is 3. The third-order valence-electron chi connectivity index (χ3n) is 4.30. The third kappa shape index (κ3) is 3.60. The third-order valence-corrected chi connectivity index (χ3v) is 5.47. The lowest BCUT2D eigenvalue weighted by molar-refractivity contribution is -0.127. The average molecular weight is 374 g/mol. The standard InChI is InChI=1S/C18H16ClN3O2S/c19-14-4-1-3-12(9-14)17-20-18(24-21-17)13-10-16(23)22(11-13)7-6-15-5-2-8-25-15/h1-5,8-9,13H,6-7,10-11H2. The SMILES string of the molecule is O=C1CC(c2nc(-c3cccc(Cl)c3)no2)CN1CCc1cccs1. The van der Waals surface area contributed by atoms with Crippen molar-refractivity contribution in [2.75, 3.05) is 13.1 Å². The molecular formula is C18H16ClN3O2S. The van der Waals surface area contributed by atoms with Crippen molar-refractivity contribution in [1.29, 1.82) is 0 Å². The van der Waals surface area contributed by atoms with Crippen molar-refractivity contribution in [1.82, 2.24) is 15.0 Å². The Bertz CT molecular complexity index is 878. The van der Waals surface area contributed by atoms with Gasteiger partial charge in [0.25, 0.3) is 0 Å². The molecule has 25 heavy (non-hydrogen) atoms. The Morgan fingerprint density at radius 3 is 3.04 bits per heavy atom. The van der Waals surface area contributed by atoms with Crippen molar-refractivity contribution < 1.29 is 9.32 Å². The zero-order valence-corrected chi connectivity index (χ0v) is 15.0. The van der Waals surface area contributed by atoms with Crippen LogP contribution in [0.5, 0.6) is 0 Å². The molecule has 5 nitrogen and oxygen atoms in total. The molecule has 1 atom stereocenters. The molecule has 0 saturated carbocycles. The predicted molar refractivity (Wildman–Crippen MR) is 96.7 cm³/mol. The van der Waals surface area contributed by atoms with Crippen LogP contribution in [0, 0.1) is 0 Å². The zero-order valence-electron chi connectivity index (χ0n) is 13.4. The number of rotatable bonds is 5. The molecule has 1 unspecified atom stereocenters. The smallest absolute Gasteiger partial charge is 0.232 e. The Balaban J connectivity index is 1.43. The molecule has 128 valence electrons. The molecule has 0 N–H and O–H groups in total. The van der Waals surface area contributed by atoms with E-state index in [9.17, 15) is 4.79 Å². The van der Waals surface area contributed by atoms with E-state index in [0.717, 1.165) is 18.5 Å². The van der Waals surface area contributed by atoms with Crippen LogP contribution in [0.25, 0.3) is 11.4 Å². The van der Waals surface area contributed by atoms with Gasteiger partial charge in [0.05, 0.1) is 5.92 Å². The topological polar surface area (TPSA) is 59.2 Å². The van der Waals surface area contributed by atoms with Gasteiger partial charge in [-0.3, -0.25) is 4.79 Å². The average Bonchev–Trinajstić information content (AvgIpc) is 3.34. The second kappa shape index (κ2) is 6.98. The summed E-state index contributed by atoms with van der Waals surface area (Å²) in [5.74, 6) is 1.12. The van der Waals surface area contributed by atoms with Gasteiger partial charge in [0.2, 0.25) is 17.6 Å². The summed E-state index contributed by atoms with van der Waals surface area (Å²) in [6.07, 6.45) is 1.30. The van der Waals surface area contributed by atoms with E-state index >= 15 is 0 Å². The molecule has 1 fully saturated rings. The number of thiophene rings is 1. The summed E-state index contributed by atoms with van der Waals surface area (Å²) in [6, 6.07) is 11.5. The van der Waals surface area contributed by atoms with Crippen molar-refractivity contribution in [3.8, 4) is 11.4 Å². The van der Waals surface area contributed by atoms with Gasteiger partial charge in [-0.15, -0.1) is 11.3 Å². The van der Waals surface area contributed by atoms with E-state index in [2.05, 4.69) is 21.6 Å². The van der Waals surface area contributed by atoms with Crippen LogP contribution in [0.15, 0.2) is 46.3 Å². The first kappa shape index (κ1) is 16.3. The molecule has 7 heteroatoms. The molecule has 1 aliphatic heterocycles. The largest absolute Gasteiger partial charge is 0.342 e. The maximum Gasteiger partial charge on any atom is 0.232 e. The Kier molecular flexibility index (Phi) is 4.55. The molecule has 0 aliphatic carbocycles. The summed E-state index contributed by atoms with van der Waals surface area (Å²) in [5.41, 5.74) is 0.807. The van der Waals surface area contributed by atoms with E-state index in [0.29, 0.717) is 29.7 Å². The van der Waals surface area contributed by atoms with E-state index in [1.165, 1.54) is 4.88 Å². The monoisotopic (exact) mass is 373 g/mol. The molecule has 1 amide bonds. The molecule has 1 aromatic carbocycles. The van der Waals surface area contributed by atoms with Gasteiger partial charge in [-0.2, -0.15) is 4.98 Å². The highest BCUT2D eigenvalue weighted by Gasteiger charge is 2.34. The summed E-state index contributed by atoms with van der Waals surface area (Å²) < 4.78 is 5.41. The van der Waals surface area contributed by atoms with Crippen LogP contribution in [0.4, 0.5) is 0 Å². The molecule has 0 bridgehead atoms. The predicted octanol–water partition coefficient (Wildman–Crippen LogP) is 4.01. The number of hydrogen-bond acceptors (Lipinski definition) is 5. The number of halogens is 1. The molecule has 1 aliphatic rings. The molecule has 2 aromatic heterocycles. The molecule has 3 heterocycles. The minimum atomic E-state index is -0.0451. The van der Waals surface area contributed by atoms with Gasteiger partial charge in [0.1, 0.15) is 0 Å². The van der Waals surface area contributed by atoms with Crippen molar-refractivity contribution in [3.05, 3.63) is 57.6 Å². The summed E-state index contributed by atoms with van der Waals surface area (Å²) in [5, 5.41) is 6.72. The van der Waals surface area contributed by atoms with Crippen LogP contribution in [-0.4, -0.2) is 34.0 Å². The Labute approximate surface area is 154 Å². The second-order valence-corrected chi connectivity index (χ2v) is 7.51. The second-order valence-electron chi connectivity index (χ2n) is 6.04. The van der Waals surface area contributed by atoms with Crippen LogP contribution in [0.1, 0.15) is 23.1 Å². The minimum Gasteiger partial charge on any atom is -0.342 e. The maximum absolute atomic E-state index is 12.3. The quantitative estimate of drug-likeness (QED) is 0.678. The number of aromatic nitrogens is 2. The van der Waals surface area contributed by atoms with Gasteiger partial charge in [-0.25, -0.2) is 0 Å². The summed E-state index contributed by atoms with van der Waals surface area (Å²) in [6.45, 7) is 1.35. The van der Waals surface area contributed by atoms with Crippen molar-refractivity contribution >= 4 is 28.8 Å². The first-order chi connectivity index (χ1) is 12.2. The lowest BCUT2D eigenvalue weighted by Gasteiger charge is -2.15. The van der Waals surface area contributed by atoms with Gasteiger partial charge in [-0.05, 0) is 30.0 Å². The van der Waals surface area contributed by atoms with E-state index in [1.54, 1.807) is 23.5 Å². The van der Waals surface area contributed by atoms with Crippen molar-refractivity contribution in [2.24, 2.45) is 0 Å². The normalized spacial score (nSPS) is 17.4. The van der Waals surface area contributed by atoms with Crippen LogP contribution in [0.3, 0.4) is 0 Å². The Hall–Kier alpha value is -2.18. The lowest BCUT2D eigenvalue weighted by atomic mass is 10.1. The molecule has 4 rings (SSSR count). The molecule has 1 saturated heterocycles. The summed E-state index contributed by atoms with van der Waals surface area (Å²) in [7, 11) is 0. The Morgan fingerprint density at radius 1 is 1.32 bits per heavy atom. The zero-order chi connectivity index (χ0) is 17.2. The van der Waals surface area contributed by atoms with Gasteiger partial charge >= 0.3 is 0 Å². The highest BCUT2D eigenvalue weighted by molar-refractivity contribution is 7.09. The first-order valence-corrected chi connectivity index (χ1v) is 9.34. The minimum absolute atomic E-state index is 0.0451. The van der Waals surface area contributed by atoms with Crippen molar-refractivity contribution in [2.45, 2.75) is 18.8 Å². The van der Waals surface area contributed by atoms with Crippen LogP contribution < -0.4 is 0 Å². The summed E-state index contributed by atoms with van der Waals surface area (Å²) >= 11 is 7.72. The number of carbonyl (C=O) groups excluding carboxylic acids is 1. The lowest BCUT2D eigenvalue weighted by Crippen LogP contribution is -2.27. The molecule has 0 spiro atoms. The van der Waals surface area contributed by atoms with E-state index in [4.69, 9.17) is 16.1 Å². The summed E-state index contributed by atoms with van der Waals surface area (Å²) in [4.78, 5) is 19.9. The first-order valence-electron chi connectivity index (χ1n) is 8.09. The van der Waals surface area contributed by atoms with Gasteiger partial charge in [-0.1, -0.05) is 35.0 Å². The van der Waals surface area contributed by atoms with Gasteiger partial charge < -0.3 is 9.42 Å². The van der Waals surface area contributed by atoms with Crippen LogP contribution in [-0.2, 0) is 11.2 Å². The number of benzene rings is 1. The van der Waals surface area contributed by atoms with E-state index in [1.807, 2.05) is 23.1 Å². The highest BCUT2D eigenvalue weighted by Crippen LogP contribution is 2.29. The fourth-order valence-corrected chi connectivity index (χ4v) is 3.89. The fourth-order valence-electron chi connectivity index (χ4n) is 3.00. The maximum atomic E-state index is 12.3. The van der Waals surface area contributed by atoms with E-state index in [-0.39, 0.29) is 11.8 Å². The van der Waals surface area contributed by atoms with Gasteiger partial charge in [0.15, 0.2) is 0 Å². The van der Waals surface area contributed by atoms with Crippen LogP contribution in [0.2, 0.25) is 5.02 Å². The van der Waals surface area contributed by atoms with E-state index < -0.39 is 0 Å². The molecule has 3 aromatic rings. The number of carbonyl (C=O) groups is 1. The fraction of sp³-hybridized carbons (Fsp3) is 0.278. The van der Waals surface area contributed by atoms with Gasteiger partial charge in [0, 0.05) is 35.0 Å². The number of likely N-dealkylation sites (tertiary alicyclic amines) is 1. The molecule has 0 radical (unpaired) electrons. The highest BCUT2D eigenvalue weighted by atomic mass is 35.5. The van der Waals surface area contributed by atoms with Crippen molar-refractivity contribution in [3.63, 3.8) is 0 Å². The number of amides is 1.